The Morgan fingerprint density at radius 3 is 2.56 bits per heavy atom. The lowest BCUT2D eigenvalue weighted by Crippen LogP contribution is -2.49. The number of carbonyl (C=O) groups excluding carboxylic acids is 2. The van der Waals surface area contributed by atoms with Crippen LogP contribution in [0.1, 0.15) is 35.6 Å². The van der Waals surface area contributed by atoms with E-state index in [0.717, 1.165) is 0 Å². The third-order valence-electron chi connectivity index (χ3n) is 6.18. The molecular weight excluding hydrogens is 434 g/mol. The molecule has 32 heavy (non-hydrogen) atoms. The zero-order valence-electron chi connectivity index (χ0n) is 18.2. The normalized spacial score (nSPS) is 18.4. The van der Waals surface area contributed by atoms with Crippen LogP contribution in [0.25, 0.3) is 0 Å². The molecule has 1 aromatic carbocycles. The van der Waals surface area contributed by atoms with Crippen molar-refractivity contribution in [3.63, 3.8) is 0 Å². The summed E-state index contributed by atoms with van der Waals surface area (Å²) in [7, 11) is 0. The second-order valence-electron chi connectivity index (χ2n) is 8.46. The molecule has 2 aromatic rings. The summed E-state index contributed by atoms with van der Waals surface area (Å²) < 4.78 is 16.7. The van der Waals surface area contributed by atoms with Gasteiger partial charge in [-0.2, -0.15) is 0 Å². The molecule has 0 unspecified atom stereocenters. The summed E-state index contributed by atoms with van der Waals surface area (Å²) in [6.45, 7) is 5.51. The van der Waals surface area contributed by atoms with E-state index in [1.165, 1.54) is 6.26 Å². The van der Waals surface area contributed by atoms with Crippen molar-refractivity contribution in [3.05, 3.63) is 47.1 Å². The van der Waals surface area contributed by atoms with E-state index in [2.05, 4.69) is 4.98 Å². The number of morpholine rings is 1. The molecule has 0 radical (unpaired) electrons. The Bertz CT molecular complexity index is 949. The lowest BCUT2D eigenvalue weighted by Gasteiger charge is -2.42. The Labute approximate surface area is 192 Å². The Morgan fingerprint density at radius 2 is 1.91 bits per heavy atom. The molecule has 9 heteroatoms. The van der Waals surface area contributed by atoms with Gasteiger partial charge < -0.3 is 23.7 Å². The van der Waals surface area contributed by atoms with Crippen LogP contribution in [0.4, 0.5) is 0 Å². The van der Waals surface area contributed by atoms with Gasteiger partial charge in [-0.3, -0.25) is 9.59 Å². The Hall–Kier alpha value is -2.58. The molecule has 8 nitrogen and oxygen atoms in total. The molecule has 0 saturated carbocycles. The van der Waals surface area contributed by atoms with E-state index in [-0.39, 0.29) is 17.2 Å². The van der Waals surface area contributed by atoms with Crippen molar-refractivity contribution in [1.29, 1.82) is 0 Å². The lowest BCUT2D eigenvalue weighted by molar-refractivity contribution is -0.139. The number of aryl methyl sites for hydroxylation is 1. The summed E-state index contributed by atoms with van der Waals surface area (Å²) in [6.07, 6.45) is 3.08. The molecule has 0 bridgehead atoms. The van der Waals surface area contributed by atoms with Gasteiger partial charge in [-0.15, -0.1) is 0 Å². The fraction of sp³-hybridized carbons (Fsp3) is 0.522. The van der Waals surface area contributed by atoms with Crippen molar-refractivity contribution in [2.24, 2.45) is 5.41 Å². The molecule has 0 N–H and O–H groups in total. The van der Waals surface area contributed by atoms with Gasteiger partial charge in [0.15, 0.2) is 11.6 Å². The van der Waals surface area contributed by atoms with Crippen molar-refractivity contribution < 1.29 is 23.5 Å². The molecule has 2 fully saturated rings. The fourth-order valence-electron chi connectivity index (χ4n) is 4.22. The number of ether oxygens (including phenoxy) is 2. The summed E-state index contributed by atoms with van der Waals surface area (Å²) in [5.74, 6) is 1.10. The maximum Gasteiger partial charge on any atom is 0.275 e. The van der Waals surface area contributed by atoms with E-state index >= 15 is 0 Å². The molecule has 172 valence electrons. The van der Waals surface area contributed by atoms with Crippen molar-refractivity contribution in [1.82, 2.24) is 14.8 Å². The zero-order valence-corrected chi connectivity index (χ0v) is 19.0. The van der Waals surface area contributed by atoms with Gasteiger partial charge in [0.05, 0.1) is 19.8 Å². The third-order valence-corrected chi connectivity index (χ3v) is 6.42. The number of rotatable bonds is 6. The number of piperidine rings is 1. The summed E-state index contributed by atoms with van der Waals surface area (Å²) >= 11 is 6.09. The van der Waals surface area contributed by atoms with Crippen LogP contribution in [-0.4, -0.2) is 72.6 Å². The van der Waals surface area contributed by atoms with E-state index in [4.69, 9.17) is 25.5 Å². The van der Waals surface area contributed by atoms with Gasteiger partial charge in [-0.1, -0.05) is 17.7 Å². The van der Waals surface area contributed by atoms with E-state index in [9.17, 15) is 9.59 Å². The van der Waals surface area contributed by atoms with Gasteiger partial charge in [0.1, 0.15) is 12.0 Å². The van der Waals surface area contributed by atoms with Gasteiger partial charge in [-0.05, 0) is 31.0 Å². The van der Waals surface area contributed by atoms with Crippen LogP contribution in [0.5, 0.6) is 5.75 Å². The maximum atomic E-state index is 13.1. The van der Waals surface area contributed by atoms with E-state index in [1.54, 1.807) is 24.0 Å². The first-order valence-corrected chi connectivity index (χ1v) is 11.3. The number of amides is 2. The van der Waals surface area contributed by atoms with Crippen LogP contribution in [0.15, 0.2) is 34.9 Å². The molecule has 2 amide bonds. The van der Waals surface area contributed by atoms with E-state index < -0.39 is 0 Å². The number of hydrogen-bond donors (Lipinski definition) is 0. The zero-order chi connectivity index (χ0) is 22.6. The number of aromatic nitrogens is 1. The summed E-state index contributed by atoms with van der Waals surface area (Å²) in [5, 5.41) is 0.601. The van der Waals surface area contributed by atoms with Crippen molar-refractivity contribution in [3.8, 4) is 5.75 Å². The van der Waals surface area contributed by atoms with Gasteiger partial charge in [-0.25, -0.2) is 4.98 Å². The Kier molecular flexibility index (Phi) is 7.01. The van der Waals surface area contributed by atoms with Gasteiger partial charge in [0, 0.05) is 50.0 Å². The smallest absolute Gasteiger partial charge is 0.275 e. The highest BCUT2D eigenvalue weighted by Crippen LogP contribution is 2.37. The molecule has 1 aromatic heterocycles. The predicted octanol–water partition coefficient (Wildman–Crippen LogP) is 3.19. The van der Waals surface area contributed by atoms with Crippen LogP contribution in [0, 0.1) is 12.3 Å². The minimum Gasteiger partial charge on any atom is -0.493 e. The molecule has 2 aliphatic heterocycles. The quantitative estimate of drug-likeness (QED) is 0.656. The first kappa shape index (κ1) is 22.6. The fourth-order valence-corrected chi connectivity index (χ4v) is 4.40. The highest BCUT2D eigenvalue weighted by molar-refractivity contribution is 6.30. The van der Waals surface area contributed by atoms with Crippen LogP contribution >= 0.6 is 11.6 Å². The maximum absolute atomic E-state index is 13.1. The minimum atomic E-state index is -0.367. The first-order chi connectivity index (χ1) is 15.4. The largest absolute Gasteiger partial charge is 0.493 e. The molecule has 0 aliphatic carbocycles. The Balaban J connectivity index is 1.45. The monoisotopic (exact) mass is 461 g/mol. The molecular formula is C23H28ClN3O5. The first-order valence-electron chi connectivity index (χ1n) is 10.9. The number of likely N-dealkylation sites (tertiary alicyclic amines) is 1. The number of benzene rings is 1. The highest BCUT2D eigenvalue weighted by Gasteiger charge is 2.40. The van der Waals surface area contributed by atoms with Crippen LogP contribution in [0.2, 0.25) is 5.02 Å². The number of nitrogens with zero attached hydrogens (tertiary/aromatic N) is 3. The summed E-state index contributed by atoms with van der Waals surface area (Å²) in [6, 6.07) is 7.26. The highest BCUT2D eigenvalue weighted by atomic mass is 35.5. The van der Waals surface area contributed by atoms with Gasteiger partial charge in [0.25, 0.3) is 5.91 Å². The number of hydrogen-bond acceptors (Lipinski definition) is 6. The van der Waals surface area contributed by atoms with E-state index in [0.29, 0.717) is 87.6 Å². The standard InChI is InChI=1S/C23H28ClN3O5/c1-17-25-20(15-31-17)22(29)27-7-5-23(6-8-27,14-21(28)26-9-11-30-12-10-26)16-32-19-4-2-3-18(24)13-19/h2-4,13,15H,5-12,14,16H2,1H3. The van der Waals surface area contributed by atoms with Gasteiger partial charge >= 0.3 is 0 Å². The van der Waals surface area contributed by atoms with Crippen molar-refractivity contribution in [2.75, 3.05) is 46.0 Å². The SMILES string of the molecule is Cc1nc(C(=O)N2CCC(COc3cccc(Cl)c3)(CC(=O)N3CCOCC3)CC2)co1. The molecule has 2 saturated heterocycles. The molecule has 0 spiro atoms. The minimum absolute atomic E-state index is 0.106. The summed E-state index contributed by atoms with van der Waals surface area (Å²) in [5.41, 5.74) is -0.0524. The number of halogens is 1. The summed E-state index contributed by atoms with van der Waals surface area (Å²) in [4.78, 5) is 33.6. The van der Waals surface area contributed by atoms with Crippen LogP contribution in [0.3, 0.4) is 0 Å². The average molecular weight is 462 g/mol. The Morgan fingerprint density at radius 1 is 1.16 bits per heavy atom. The average Bonchev–Trinajstić information content (AvgIpc) is 3.25. The predicted molar refractivity (Wildman–Crippen MR) is 118 cm³/mol. The van der Waals surface area contributed by atoms with E-state index in [1.807, 2.05) is 17.0 Å². The van der Waals surface area contributed by atoms with Crippen LogP contribution < -0.4 is 4.74 Å². The number of carbonyl (C=O) groups is 2. The van der Waals surface area contributed by atoms with Crippen molar-refractivity contribution >= 4 is 23.4 Å². The molecule has 0 atom stereocenters. The van der Waals surface area contributed by atoms with Gasteiger partial charge in [0.2, 0.25) is 5.91 Å². The number of oxazole rings is 1. The third kappa shape index (κ3) is 5.42. The second-order valence-corrected chi connectivity index (χ2v) is 8.90. The molecule has 2 aliphatic rings. The molecule has 4 rings (SSSR count). The molecule has 3 heterocycles. The van der Waals surface area contributed by atoms with Crippen molar-refractivity contribution in [2.45, 2.75) is 26.2 Å². The lowest BCUT2D eigenvalue weighted by atomic mass is 9.75. The topological polar surface area (TPSA) is 85.1 Å². The van der Waals surface area contributed by atoms with Crippen LogP contribution in [-0.2, 0) is 9.53 Å². The second kappa shape index (κ2) is 9.92.